The number of rotatable bonds is 6. The summed E-state index contributed by atoms with van der Waals surface area (Å²) in [5.41, 5.74) is 0. The number of carbonyl (C=O) groups excluding carboxylic acids is 1. The second-order valence-electron chi connectivity index (χ2n) is 3.65. The van der Waals surface area contributed by atoms with Crippen LogP contribution in [0.2, 0.25) is 0 Å². The van der Waals surface area contributed by atoms with Crippen LogP contribution in [0.15, 0.2) is 28.7 Å². The van der Waals surface area contributed by atoms with Crippen molar-refractivity contribution in [3.63, 3.8) is 0 Å². The molecule has 0 aromatic heterocycles. The quantitative estimate of drug-likeness (QED) is 0.839. The number of hydrogen-bond acceptors (Lipinski definition) is 3. The summed E-state index contributed by atoms with van der Waals surface area (Å²) in [7, 11) is 0. The summed E-state index contributed by atoms with van der Waals surface area (Å²) in [6.45, 7) is 1.71. The highest BCUT2D eigenvalue weighted by atomic mass is 79.9. The Morgan fingerprint density at radius 2 is 2.22 bits per heavy atom. The maximum atomic E-state index is 11.6. The molecule has 0 saturated carbocycles. The Bertz CT molecular complexity index is 436. The van der Waals surface area contributed by atoms with Crippen LogP contribution in [0.5, 0.6) is 5.75 Å². The molecule has 0 aliphatic rings. The van der Waals surface area contributed by atoms with Crippen molar-refractivity contribution in [3.05, 3.63) is 28.7 Å². The van der Waals surface area contributed by atoms with Crippen LogP contribution in [0, 0.1) is 0 Å². The van der Waals surface area contributed by atoms with Crippen molar-refractivity contribution in [2.75, 3.05) is 6.54 Å². The maximum Gasteiger partial charge on any atom is 0.305 e. The standard InChI is InChI=1S/C12H14BrNO4/c1-8(12(17)14-6-5-11(15)16)18-10-4-2-3-9(13)7-10/h2-4,7-8H,5-6H2,1H3,(H,14,17)(H,15,16)/t8-/m0/s1. The fourth-order valence-electron chi connectivity index (χ4n) is 1.23. The first-order valence-corrected chi connectivity index (χ1v) is 6.20. The minimum Gasteiger partial charge on any atom is -0.481 e. The number of ether oxygens (including phenoxy) is 1. The predicted octanol–water partition coefficient (Wildman–Crippen LogP) is 1.81. The van der Waals surface area contributed by atoms with Gasteiger partial charge in [0.25, 0.3) is 5.91 Å². The number of amides is 1. The first-order chi connectivity index (χ1) is 8.49. The van der Waals surface area contributed by atoms with Crippen LogP contribution in [0.3, 0.4) is 0 Å². The van der Waals surface area contributed by atoms with E-state index in [4.69, 9.17) is 9.84 Å². The molecule has 1 amide bonds. The molecule has 0 radical (unpaired) electrons. The van der Waals surface area contributed by atoms with Crippen LogP contribution in [0.25, 0.3) is 0 Å². The van der Waals surface area contributed by atoms with Gasteiger partial charge in [-0.3, -0.25) is 9.59 Å². The Labute approximate surface area is 113 Å². The van der Waals surface area contributed by atoms with Gasteiger partial charge in [0.2, 0.25) is 0 Å². The monoisotopic (exact) mass is 315 g/mol. The van der Waals surface area contributed by atoms with Crippen molar-refractivity contribution < 1.29 is 19.4 Å². The zero-order valence-electron chi connectivity index (χ0n) is 9.85. The van der Waals surface area contributed by atoms with E-state index >= 15 is 0 Å². The lowest BCUT2D eigenvalue weighted by atomic mass is 10.3. The van der Waals surface area contributed by atoms with Crippen LogP contribution < -0.4 is 10.1 Å². The van der Waals surface area contributed by atoms with Gasteiger partial charge in [-0.25, -0.2) is 0 Å². The third kappa shape index (κ3) is 5.18. The lowest BCUT2D eigenvalue weighted by Gasteiger charge is -2.14. The molecule has 6 heteroatoms. The molecule has 0 fully saturated rings. The maximum absolute atomic E-state index is 11.6. The van der Waals surface area contributed by atoms with E-state index in [0.29, 0.717) is 5.75 Å². The Morgan fingerprint density at radius 1 is 1.50 bits per heavy atom. The van der Waals surface area contributed by atoms with Gasteiger partial charge in [-0.1, -0.05) is 22.0 Å². The lowest BCUT2D eigenvalue weighted by Crippen LogP contribution is -2.37. The Kier molecular flexibility index (Phi) is 5.64. The number of aliphatic carboxylic acids is 1. The minimum atomic E-state index is -0.948. The van der Waals surface area contributed by atoms with E-state index in [1.165, 1.54) is 0 Å². The summed E-state index contributed by atoms with van der Waals surface area (Å²) >= 11 is 3.30. The van der Waals surface area contributed by atoms with E-state index in [2.05, 4.69) is 21.2 Å². The summed E-state index contributed by atoms with van der Waals surface area (Å²) in [6, 6.07) is 7.14. The summed E-state index contributed by atoms with van der Waals surface area (Å²) in [4.78, 5) is 21.9. The normalized spacial score (nSPS) is 11.7. The van der Waals surface area contributed by atoms with Crippen molar-refractivity contribution in [2.24, 2.45) is 0 Å². The first kappa shape index (κ1) is 14.5. The lowest BCUT2D eigenvalue weighted by molar-refractivity contribution is -0.137. The van der Waals surface area contributed by atoms with Crippen LogP contribution in [0.4, 0.5) is 0 Å². The van der Waals surface area contributed by atoms with Crippen molar-refractivity contribution in [2.45, 2.75) is 19.4 Å². The number of halogens is 1. The number of benzene rings is 1. The van der Waals surface area contributed by atoms with Crippen LogP contribution in [-0.4, -0.2) is 29.6 Å². The second-order valence-corrected chi connectivity index (χ2v) is 4.57. The van der Waals surface area contributed by atoms with Gasteiger partial charge in [-0.15, -0.1) is 0 Å². The Hall–Kier alpha value is -1.56. The predicted molar refractivity (Wildman–Crippen MR) is 69.5 cm³/mol. The van der Waals surface area contributed by atoms with Crippen molar-refractivity contribution >= 4 is 27.8 Å². The fourth-order valence-corrected chi connectivity index (χ4v) is 1.61. The number of carbonyl (C=O) groups is 2. The minimum absolute atomic E-state index is 0.0976. The highest BCUT2D eigenvalue weighted by molar-refractivity contribution is 9.10. The summed E-state index contributed by atoms with van der Waals surface area (Å²) in [6.07, 6.45) is -0.775. The average Bonchev–Trinajstić information content (AvgIpc) is 2.28. The molecule has 0 aliphatic heterocycles. The van der Waals surface area contributed by atoms with Gasteiger partial charge in [0, 0.05) is 11.0 Å². The molecule has 18 heavy (non-hydrogen) atoms. The number of nitrogens with one attached hydrogen (secondary N) is 1. The molecule has 1 aromatic carbocycles. The van der Waals surface area contributed by atoms with Crippen molar-refractivity contribution in [3.8, 4) is 5.75 Å². The SMILES string of the molecule is C[C@H](Oc1cccc(Br)c1)C(=O)NCCC(=O)O. The van der Waals surface area contributed by atoms with Crippen LogP contribution in [-0.2, 0) is 9.59 Å². The van der Waals surface area contributed by atoms with Gasteiger partial charge in [0.05, 0.1) is 6.42 Å². The van der Waals surface area contributed by atoms with E-state index in [0.717, 1.165) is 4.47 Å². The molecule has 1 aromatic rings. The van der Waals surface area contributed by atoms with E-state index in [9.17, 15) is 9.59 Å². The number of carboxylic acid groups (broad SMARTS) is 1. The van der Waals surface area contributed by atoms with Gasteiger partial charge in [0.15, 0.2) is 6.10 Å². The third-order valence-electron chi connectivity index (χ3n) is 2.12. The molecule has 98 valence electrons. The first-order valence-electron chi connectivity index (χ1n) is 5.41. The van der Waals surface area contributed by atoms with Gasteiger partial charge < -0.3 is 15.2 Å². The molecular weight excluding hydrogens is 302 g/mol. The van der Waals surface area contributed by atoms with E-state index in [1.54, 1.807) is 25.1 Å². The molecule has 2 N–H and O–H groups in total. The zero-order valence-corrected chi connectivity index (χ0v) is 11.4. The molecule has 0 unspecified atom stereocenters. The summed E-state index contributed by atoms with van der Waals surface area (Å²) < 4.78 is 6.28. The summed E-state index contributed by atoms with van der Waals surface area (Å²) in [5, 5.41) is 10.9. The van der Waals surface area contributed by atoms with Crippen LogP contribution in [0.1, 0.15) is 13.3 Å². The van der Waals surface area contributed by atoms with Crippen molar-refractivity contribution in [1.82, 2.24) is 5.32 Å². The summed E-state index contributed by atoms with van der Waals surface area (Å²) in [5.74, 6) is -0.711. The molecule has 0 bridgehead atoms. The van der Waals surface area contributed by atoms with E-state index in [-0.39, 0.29) is 18.9 Å². The Balaban J connectivity index is 2.42. The smallest absolute Gasteiger partial charge is 0.305 e. The zero-order chi connectivity index (χ0) is 13.5. The topological polar surface area (TPSA) is 75.6 Å². The van der Waals surface area contributed by atoms with E-state index in [1.807, 2.05) is 6.07 Å². The molecule has 5 nitrogen and oxygen atoms in total. The van der Waals surface area contributed by atoms with E-state index < -0.39 is 12.1 Å². The molecule has 0 heterocycles. The Morgan fingerprint density at radius 3 is 2.83 bits per heavy atom. The average molecular weight is 316 g/mol. The highest BCUT2D eigenvalue weighted by Crippen LogP contribution is 2.18. The molecule has 0 saturated heterocycles. The molecule has 0 spiro atoms. The molecule has 1 atom stereocenters. The van der Waals surface area contributed by atoms with Gasteiger partial charge in [-0.2, -0.15) is 0 Å². The van der Waals surface area contributed by atoms with Crippen LogP contribution >= 0.6 is 15.9 Å². The number of hydrogen-bond donors (Lipinski definition) is 2. The van der Waals surface area contributed by atoms with Gasteiger partial charge in [-0.05, 0) is 25.1 Å². The largest absolute Gasteiger partial charge is 0.481 e. The molecular formula is C12H14BrNO4. The molecule has 0 aliphatic carbocycles. The van der Waals surface area contributed by atoms with Crippen molar-refractivity contribution in [1.29, 1.82) is 0 Å². The number of carboxylic acids is 1. The second kappa shape index (κ2) is 7.00. The van der Waals surface area contributed by atoms with Gasteiger partial charge in [0.1, 0.15) is 5.75 Å². The van der Waals surface area contributed by atoms with Gasteiger partial charge >= 0.3 is 5.97 Å². The fraction of sp³-hybridized carbons (Fsp3) is 0.333. The molecule has 1 rings (SSSR count). The highest BCUT2D eigenvalue weighted by Gasteiger charge is 2.14. The third-order valence-corrected chi connectivity index (χ3v) is 2.61.